The van der Waals surface area contributed by atoms with E-state index in [-0.39, 0.29) is 5.56 Å². The number of thioether (sulfide) groups is 1. The monoisotopic (exact) mass is 389 g/mol. The lowest BCUT2D eigenvalue weighted by molar-refractivity contribution is 0.414. The largest absolute Gasteiger partial charge is 0.497 e. The number of ether oxygens (including phenoxy) is 1. The molecule has 2 aromatic heterocycles. The van der Waals surface area contributed by atoms with E-state index >= 15 is 0 Å². The maximum Gasteiger partial charge on any atom is 0.255 e. The topological polar surface area (TPSA) is 92.8 Å². The second kappa shape index (κ2) is 9.35. The number of methoxy groups -OCH3 is 1. The van der Waals surface area contributed by atoms with Crippen LogP contribution in [0.15, 0.2) is 40.8 Å². The van der Waals surface area contributed by atoms with E-state index in [1.807, 2.05) is 24.3 Å². The lowest BCUT2D eigenvalue weighted by Gasteiger charge is -2.06. The Labute approximate surface area is 159 Å². The highest BCUT2D eigenvalue weighted by Gasteiger charge is 2.05. The Kier molecular flexibility index (Phi) is 6.62. The summed E-state index contributed by atoms with van der Waals surface area (Å²) >= 11 is 3.09. The first-order chi connectivity index (χ1) is 12.7. The van der Waals surface area contributed by atoms with Crippen molar-refractivity contribution < 1.29 is 4.74 Å². The van der Waals surface area contributed by atoms with Gasteiger partial charge < -0.3 is 10.1 Å². The van der Waals surface area contributed by atoms with Gasteiger partial charge in [-0.3, -0.25) is 9.78 Å². The van der Waals surface area contributed by atoms with Gasteiger partial charge >= 0.3 is 0 Å². The Bertz CT molecular complexity index is 866. The van der Waals surface area contributed by atoms with Crippen molar-refractivity contribution in [3.63, 3.8) is 0 Å². The van der Waals surface area contributed by atoms with Crippen molar-refractivity contribution in [2.24, 2.45) is 0 Å². The van der Waals surface area contributed by atoms with Crippen molar-refractivity contribution in [2.75, 3.05) is 24.7 Å². The zero-order valence-electron chi connectivity index (χ0n) is 14.3. The van der Waals surface area contributed by atoms with E-state index in [4.69, 9.17) is 4.74 Å². The Balaban J connectivity index is 1.48. The first-order valence-corrected chi connectivity index (χ1v) is 10.0. The Hall–Kier alpha value is -2.39. The maximum absolute atomic E-state index is 12.2. The van der Waals surface area contributed by atoms with Crippen LogP contribution in [0, 0.1) is 0 Å². The fraction of sp³-hybridized carbons (Fsp3) is 0.294. The van der Waals surface area contributed by atoms with Crippen LogP contribution in [-0.4, -0.2) is 38.7 Å². The predicted molar refractivity (Wildman–Crippen MR) is 105 cm³/mol. The number of aromatic amines is 1. The molecule has 7 nitrogen and oxygen atoms in total. The number of nitrogens with one attached hydrogen (secondary N) is 2. The number of H-pyrrole nitrogens is 1. The molecule has 0 radical (unpaired) electrons. The summed E-state index contributed by atoms with van der Waals surface area (Å²) in [6.45, 7) is 0.704. The quantitative estimate of drug-likeness (QED) is 0.543. The third-order valence-electron chi connectivity index (χ3n) is 3.60. The van der Waals surface area contributed by atoms with E-state index in [2.05, 4.69) is 24.6 Å². The zero-order valence-corrected chi connectivity index (χ0v) is 15.9. The molecule has 0 aliphatic rings. The van der Waals surface area contributed by atoms with E-state index in [1.165, 1.54) is 11.5 Å². The Morgan fingerprint density at radius 1 is 1.27 bits per heavy atom. The van der Waals surface area contributed by atoms with E-state index in [0.717, 1.165) is 28.6 Å². The van der Waals surface area contributed by atoms with Gasteiger partial charge in [-0.25, -0.2) is 9.97 Å². The van der Waals surface area contributed by atoms with Gasteiger partial charge in [0, 0.05) is 30.5 Å². The van der Waals surface area contributed by atoms with Crippen molar-refractivity contribution in [1.29, 1.82) is 0 Å². The van der Waals surface area contributed by atoms with Gasteiger partial charge in [0.25, 0.3) is 5.56 Å². The summed E-state index contributed by atoms with van der Waals surface area (Å²) in [7, 11) is 1.63. The van der Waals surface area contributed by atoms with Gasteiger partial charge in [0.05, 0.1) is 12.9 Å². The molecule has 2 heterocycles. The zero-order chi connectivity index (χ0) is 18.2. The molecule has 0 bridgehead atoms. The van der Waals surface area contributed by atoms with Crippen LogP contribution in [0.3, 0.4) is 0 Å². The van der Waals surface area contributed by atoms with Gasteiger partial charge in [-0.2, -0.15) is 16.1 Å². The van der Waals surface area contributed by atoms with E-state index < -0.39 is 0 Å². The van der Waals surface area contributed by atoms with E-state index in [9.17, 15) is 4.79 Å². The first-order valence-electron chi connectivity index (χ1n) is 8.02. The maximum atomic E-state index is 12.2. The van der Waals surface area contributed by atoms with Crippen LogP contribution in [-0.2, 0) is 12.2 Å². The van der Waals surface area contributed by atoms with Crippen LogP contribution in [0.5, 0.6) is 5.75 Å². The lowest BCUT2D eigenvalue weighted by atomic mass is 10.1. The van der Waals surface area contributed by atoms with Gasteiger partial charge in [0.15, 0.2) is 5.82 Å². The molecule has 1 aromatic carbocycles. The van der Waals surface area contributed by atoms with E-state index in [0.29, 0.717) is 24.5 Å². The van der Waals surface area contributed by atoms with Crippen LogP contribution in [0.4, 0.5) is 5.95 Å². The molecule has 0 unspecified atom stereocenters. The van der Waals surface area contributed by atoms with Crippen LogP contribution >= 0.6 is 23.3 Å². The van der Waals surface area contributed by atoms with Crippen molar-refractivity contribution in [3.05, 3.63) is 63.3 Å². The Morgan fingerprint density at radius 3 is 2.81 bits per heavy atom. The minimum absolute atomic E-state index is 0.127. The highest BCUT2D eigenvalue weighted by atomic mass is 32.2. The first kappa shape index (κ1) is 18.4. The number of anilines is 1. The lowest BCUT2D eigenvalue weighted by Crippen LogP contribution is -2.18. The third kappa shape index (κ3) is 5.30. The number of rotatable bonds is 9. The summed E-state index contributed by atoms with van der Waals surface area (Å²) in [4.78, 5) is 23.4. The standard InChI is InChI=1S/C17H19N5O2S2/c1-24-14-4-2-12(3-5-14)8-13-9-19-17(21-16(13)23)18-6-7-25-10-15-20-11-26-22-15/h2-5,9,11H,6-8,10H2,1H3,(H2,18,19,21,23). The van der Waals surface area contributed by atoms with Gasteiger partial charge in [-0.1, -0.05) is 12.1 Å². The predicted octanol–water partition coefficient (Wildman–Crippen LogP) is 2.57. The molecule has 136 valence electrons. The molecule has 3 aromatic rings. The Morgan fingerprint density at radius 2 is 2.12 bits per heavy atom. The summed E-state index contributed by atoms with van der Waals surface area (Å²) in [6.07, 6.45) is 2.15. The van der Waals surface area contributed by atoms with Gasteiger partial charge in [-0.05, 0) is 29.2 Å². The second-order valence-corrected chi connectivity index (χ2v) is 7.15. The summed E-state index contributed by atoms with van der Waals surface area (Å²) in [6, 6.07) is 7.65. The molecule has 0 saturated carbocycles. The number of nitrogens with zero attached hydrogens (tertiary/aromatic N) is 3. The molecular weight excluding hydrogens is 370 g/mol. The average molecular weight is 390 g/mol. The van der Waals surface area contributed by atoms with Crippen molar-refractivity contribution in [3.8, 4) is 5.75 Å². The summed E-state index contributed by atoms with van der Waals surface area (Å²) in [5.41, 5.74) is 3.27. The third-order valence-corrected chi connectivity index (χ3v) is 5.07. The second-order valence-electron chi connectivity index (χ2n) is 5.44. The highest BCUT2D eigenvalue weighted by Crippen LogP contribution is 2.13. The minimum Gasteiger partial charge on any atom is -0.497 e. The molecule has 0 aliphatic heterocycles. The minimum atomic E-state index is -0.127. The molecule has 0 saturated heterocycles. The molecule has 0 atom stereocenters. The number of hydrogen-bond donors (Lipinski definition) is 2. The molecule has 9 heteroatoms. The van der Waals surface area contributed by atoms with Crippen LogP contribution in [0.1, 0.15) is 17.0 Å². The van der Waals surface area contributed by atoms with Crippen LogP contribution in [0.25, 0.3) is 0 Å². The summed E-state index contributed by atoms with van der Waals surface area (Å²) < 4.78 is 9.30. The summed E-state index contributed by atoms with van der Waals surface area (Å²) in [5, 5.41) is 3.13. The fourth-order valence-electron chi connectivity index (χ4n) is 2.26. The highest BCUT2D eigenvalue weighted by molar-refractivity contribution is 7.98. The molecule has 2 N–H and O–H groups in total. The molecule has 0 spiro atoms. The molecule has 0 amide bonds. The fourth-order valence-corrected chi connectivity index (χ4v) is 3.50. The number of aromatic nitrogens is 4. The molecule has 3 rings (SSSR count). The SMILES string of the molecule is COc1ccc(Cc2cnc(NCCSCc3ncsn3)[nH]c2=O)cc1. The van der Waals surface area contributed by atoms with Gasteiger partial charge in [-0.15, -0.1) is 0 Å². The number of hydrogen-bond acceptors (Lipinski definition) is 8. The van der Waals surface area contributed by atoms with E-state index in [1.54, 1.807) is 30.6 Å². The van der Waals surface area contributed by atoms with Crippen molar-refractivity contribution in [2.45, 2.75) is 12.2 Å². The van der Waals surface area contributed by atoms with Gasteiger partial charge in [0.2, 0.25) is 5.95 Å². The van der Waals surface area contributed by atoms with Crippen LogP contribution < -0.4 is 15.6 Å². The normalized spacial score (nSPS) is 10.7. The number of benzene rings is 1. The summed E-state index contributed by atoms with van der Waals surface area (Å²) in [5.74, 6) is 3.80. The van der Waals surface area contributed by atoms with Gasteiger partial charge in [0.1, 0.15) is 11.3 Å². The molecular formula is C17H19N5O2S2. The molecule has 0 aliphatic carbocycles. The smallest absolute Gasteiger partial charge is 0.255 e. The van der Waals surface area contributed by atoms with Crippen molar-refractivity contribution in [1.82, 2.24) is 19.3 Å². The van der Waals surface area contributed by atoms with Crippen LogP contribution in [0.2, 0.25) is 0 Å². The van der Waals surface area contributed by atoms with Crippen molar-refractivity contribution >= 4 is 29.2 Å². The molecule has 26 heavy (non-hydrogen) atoms. The molecule has 0 fully saturated rings. The average Bonchev–Trinajstić information content (AvgIpc) is 3.18.